The monoisotopic (exact) mass is 271 g/mol. The van der Waals surface area contributed by atoms with Crippen molar-refractivity contribution in [2.75, 3.05) is 6.61 Å². The molecule has 1 unspecified atom stereocenters. The van der Waals surface area contributed by atoms with Gasteiger partial charge in [0, 0.05) is 24.2 Å². The van der Waals surface area contributed by atoms with Gasteiger partial charge in [-0.2, -0.15) is 0 Å². The molecule has 1 saturated heterocycles. The van der Waals surface area contributed by atoms with E-state index < -0.39 is 0 Å². The van der Waals surface area contributed by atoms with E-state index in [1.165, 1.54) is 12.1 Å². The van der Waals surface area contributed by atoms with Crippen LogP contribution in [0.4, 0.5) is 4.39 Å². The Balaban J connectivity index is 1.93. The summed E-state index contributed by atoms with van der Waals surface area (Å²) in [6.07, 6.45) is 1.94. The van der Waals surface area contributed by atoms with E-state index in [9.17, 15) is 4.39 Å². The summed E-state index contributed by atoms with van der Waals surface area (Å²) >= 11 is 6.04. The van der Waals surface area contributed by atoms with Crippen LogP contribution in [-0.2, 0) is 11.3 Å². The average Bonchev–Trinajstić information content (AvgIpc) is 2.29. The number of halogens is 2. The maximum atomic E-state index is 13.1. The number of benzene rings is 1. The zero-order valence-corrected chi connectivity index (χ0v) is 11.6. The molecule has 1 fully saturated rings. The minimum atomic E-state index is -0.247. The Kier molecular flexibility index (Phi) is 4.25. The van der Waals surface area contributed by atoms with Crippen LogP contribution < -0.4 is 5.32 Å². The molecule has 1 atom stereocenters. The lowest BCUT2D eigenvalue weighted by Gasteiger charge is -2.36. The summed E-state index contributed by atoms with van der Waals surface area (Å²) in [7, 11) is 0. The van der Waals surface area contributed by atoms with Gasteiger partial charge in [-0.3, -0.25) is 0 Å². The minimum Gasteiger partial charge on any atom is -0.375 e. The first-order chi connectivity index (χ1) is 8.46. The molecule has 1 aliphatic rings. The number of hydrogen-bond donors (Lipinski definition) is 1. The Morgan fingerprint density at radius 2 is 2.28 bits per heavy atom. The van der Waals surface area contributed by atoms with Crippen LogP contribution in [0.5, 0.6) is 0 Å². The SMILES string of the molecule is CC1(C)CC(NCc2cc(F)ccc2Cl)CCO1. The van der Waals surface area contributed by atoms with E-state index in [2.05, 4.69) is 19.2 Å². The van der Waals surface area contributed by atoms with Crippen LogP contribution in [0.3, 0.4) is 0 Å². The number of hydrogen-bond acceptors (Lipinski definition) is 2. The molecular formula is C14H19ClFNO. The molecule has 0 amide bonds. The first-order valence-corrected chi connectivity index (χ1v) is 6.65. The van der Waals surface area contributed by atoms with Crippen molar-refractivity contribution in [1.82, 2.24) is 5.32 Å². The summed E-state index contributed by atoms with van der Waals surface area (Å²) in [5.41, 5.74) is 0.725. The first kappa shape index (κ1) is 13.8. The Hall–Kier alpha value is -0.640. The quantitative estimate of drug-likeness (QED) is 0.908. The molecule has 2 rings (SSSR count). The fourth-order valence-electron chi connectivity index (χ4n) is 2.34. The van der Waals surface area contributed by atoms with Gasteiger partial charge in [0.1, 0.15) is 5.82 Å². The predicted octanol–water partition coefficient (Wildman–Crippen LogP) is 3.53. The van der Waals surface area contributed by atoms with Crippen LogP contribution in [0.1, 0.15) is 32.3 Å². The van der Waals surface area contributed by atoms with Crippen LogP contribution in [0.2, 0.25) is 5.02 Å². The van der Waals surface area contributed by atoms with Crippen molar-refractivity contribution < 1.29 is 9.13 Å². The van der Waals surface area contributed by atoms with Crippen molar-refractivity contribution >= 4 is 11.6 Å². The first-order valence-electron chi connectivity index (χ1n) is 6.27. The standard InChI is InChI=1S/C14H19ClFNO/c1-14(2)8-12(5-6-18-14)17-9-10-7-11(16)3-4-13(10)15/h3-4,7,12,17H,5-6,8-9H2,1-2H3. The minimum absolute atomic E-state index is 0.0817. The van der Waals surface area contributed by atoms with Gasteiger partial charge in [-0.05, 0) is 50.5 Å². The molecule has 0 spiro atoms. The van der Waals surface area contributed by atoms with E-state index in [1.54, 1.807) is 6.07 Å². The molecule has 100 valence electrons. The summed E-state index contributed by atoms with van der Waals surface area (Å²) in [4.78, 5) is 0. The van der Waals surface area contributed by atoms with Crippen molar-refractivity contribution in [2.24, 2.45) is 0 Å². The summed E-state index contributed by atoms with van der Waals surface area (Å²) in [5.74, 6) is -0.247. The zero-order chi connectivity index (χ0) is 13.2. The van der Waals surface area contributed by atoms with Crippen molar-refractivity contribution in [2.45, 2.75) is 44.9 Å². The van der Waals surface area contributed by atoms with Crippen LogP contribution in [0.15, 0.2) is 18.2 Å². The lowest BCUT2D eigenvalue weighted by Crippen LogP contribution is -2.43. The molecule has 0 radical (unpaired) electrons. The van der Waals surface area contributed by atoms with Gasteiger partial charge in [0.2, 0.25) is 0 Å². The van der Waals surface area contributed by atoms with Gasteiger partial charge in [-0.15, -0.1) is 0 Å². The molecule has 1 aromatic rings. The van der Waals surface area contributed by atoms with E-state index >= 15 is 0 Å². The Morgan fingerprint density at radius 1 is 1.50 bits per heavy atom. The lowest BCUT2D eigenvalue weighted by atomic mass is 9.94. The Morgan fingerprint density at radius 3 is 3.00 bits per heavy atom. The molecule has 1 heterocycles. The molecule has 1 N–H and O–H groups in total. The van der Waals surface area contributed by atoms with Crippen molar-refractivity contribution in [1.29, 1.82) is 0 Å². The highest BCUT2D eigenvalue weighted by Gasteiger charge is 2.28. The van der Waals surface area contributed by atoms with Gasteiger partial charge in [0.25, 0.3) is 0 Å². The highest BCUT2D eigenvalue weighted by Crippen LogP contribution is 2.24. The number of rotatable bonds is 3. The topological polar surface area (TPSA) is 21.3 Å². The highest BCUT2D eigenvalue weighted by atomic mass is 35.5. The van der Waals surface area contributed by atoms with Gasteiger partial charge >= 0.3 is 0 Å². The summed E-state index contributed by atoms with van der Waals surface area (Å²) in [5, 5.41) is 4.04. The molecule has 18 heavy (non-hydrogen) atoms. The summed E-state index contributed by atoms with van der Waals surface area (Å²) < 4.78 is 18.8. The zero-order valence-electron chi connectivity index (χ0n) is 10.8. The van der Waals surface area contributed by atoms with E-state index in [0.717, 1.165) is 25.0 Å². The molecule has 0 aromatic heterocycles. The third-order valence-electron chi connectivity index (χ3n) is 3.29. The second-order valence-electron chi connectivity index (χ2n) is 5.41. The normalized spacial score (nSPS) is 23.0. The van der Waals surface area contributed by atoms with Crippen LogP contribution in [0, 0.1) is 5.82 Å². The maximum absolute atomic E-state index is 13.1. The molecule has 1 aliphatic heterocycles. The molecule has 1 aromatic carbocycles. The Bertz CT molecular complexity index is 422. The Labute approximate surface area is 112 Å². The smallest absolute Gasteiger partial charge is 0.123 e. The summed E-state index contributed by atoms with van der Waals surface area (Å²) in [6.45, 7) is 5.55. The van der Waals surface area contributed by atoms with E-state index in [1.807, 2.05) is 0 Å². The van der Waals surface area contributed by atoms with Crippen LogP contribution >= 0.6 is 11.6 Å². The van der Waals surface area contributed by atoms with E-state index in [-0.39, 0.29) is 11.4 Å². The van der Waals surface area contributed by atoms with Crippen molar-refractivity contribution in [3.63, 3.8) is 0 Å². The van der Waals surface area contributed by atoms with Gasteiger partial charge in [-0.25, -0.2) is 4.39 Å². The van der Waals surface area contributed by atoms with Crippen LogP contribution in [-0.4, -0.2) is 18.2 Å². The summed E-state index contributed by atoms with van der Waals surface area (Å²) in [6, 6.07) is 4.86. The van der Waals surface area contributed by atoms with Crippen molar-refractivity contribution in [3.8, 4) is 0 Å². The number of nitrogens with one attached hydrogen (secondary N) is 1. The van der Waals surface area contributed by atoms with Gasteiger partial charge in [0.05, 0.1) is 5.60 Å². The number of ether oxygens (including phenoxy) is 1. The second-order valence-corrected chi connectivity index (χ2v) is 5.82. The highest BCUT2D eigenvalue weighted by molar-refractivity contribution is 6.31. The molecule has 2 nitrogen and oxygen atoms in total. The second kappa shape index (κ2) is 5.55. The lowest BCUT2D eigenvalue weighted by molar-refractivity contribution is -0.0630. The molecule has 0 aliphatic carbocycles. The largest absolute Gasteiger partial charge is 0.375 e. The van der Waals surface area contributed by atoms with Gasteiger partial charge in [0.15, 0.2) is 0 Å². The molecule has 0 bridgehead atoms. The predicted molar refractivity (Wildman–Crippen MR) is 71.3 cm³/mol. The third-order valence-corrected chi connectivity index (χ3v) is 3.65. The van der Waals surface area contributed by atoms with Crippen LogP contribution in [0.25, 0.3) is 0 Å². The van der Waals surface area contributed by atoms with E-state index in [0.29, 0.717) is 17.6 Å². The van der Waals surface area contributed by atoms with E-state index in [4.69, 9.17) is 16.3 Å². The fraction of sp³-hybridized carbons (Fsp3) is 0.571. The average molecular weight is 272 g/mol. The van der Waals surface area contributed by atoms with Gasteiger partial charge < -0.3 is 10.1 Å². The van der Waals surface area contributed by atoms with Gasteiger partial charge in [-0.1, -0.05) is 11.6 Å². The van der Waals surface area contributed by atoms with Crippen molar-refractivity contribution in [3.05, 3.63) is 34.6 Å². The third kappa shape index (κ3) is 3.67. The molecule has 4 heteroatoms. The maximum Gasteiger partial charge on any atom is 0.123 e. The fourth-order valence-corrected chi connectivity index (χ4v) is 2.52. The molecular weight excluding hydrogens is 253 g/mol. The molecule has 0 saturated carbocycles.